The Morgan fingerprint density at radius 1 is 1.07 bits per heavy atom. The lowest BCUT2D eigenvalue weighted by Crippen LogP contribution is -2.46. The first kappa shape index (κ1) is 21.9. The van der Waals surface area contributed by atoms with Crippen LogP contribution in [0.2, 0.25) is 0 Å². The van der Waals surface area contributed by atoms with Gasteiger partial charge in [0.2, 0.25) is 5.91 Å². The first-order valence-electron chi connectivity index (χ1n) is 8.61. The summed E-state index contributed by atoms with van der Waals surface area (Å²) in [6, 6.07) is 5.89. The van der Waals surface area contributed by atoms with Crippen LogP contribution in [0.25, 0.3) is 0 Å². The maximum absolute atomic E-state index is 12.1. The minimum Gasteiger partial charge on any atom is -0.493 e. The summed E-state index contributed by atoms with van der Waals surface area (Å²) in [5.74, 6) is -1.82. The predicted molar refractivity (Wildman–Crippen MR) is 97.2 cm³/mol. The zero-order valence-electron chi connectivity index (χ0n) is 15.7. The molecule has 27 heavy (non-hydrogen) atoms. The molecule has 1 aromatic carbocycles. The Kier molecular flexibility index (Phi) is 9.35. The summed E-state index contributed by atoms with van der Waals surface area (Å²) in [5.41, 5.74) is 0.292. The van der Waals surface area contributed by atoms with Gasteiger partial charge in [0.25, 0.3) is 11.8 Å². The van der Waals surface area contributed by atoms with Crippen molar-refractivity contribution in [2.75, 3.05) is 26.3 Å². The maximum Gasteiger partial charge on any atom is 0.325 e. The predicted octanol–water partition coefficient (Wildman–Crippen LogP) is -0.000900. The number of likely N-dealkylation sites (N-methyl/N-ethyl adjacent to an activating group) is 1. The van der Waals surface area contributed by atoms with E-state index in [-0.39, 0.29) is 5.91 Å². The number of benzene rings is 1. The van der Waals surface area contributed by atoms with Gasteiger partial charge < -0.3 is 25.4 Å². The van der Waals surface area contributed by atoms with Crippen molar-refractivity contribution >= 4 is 23.7 Å². The van der Waals surface area contributed by atoms with E-state index >= 15 is 0 Å². The molecule has 0 bridgehead atoms. The van der Waals surface area contributed by atoms with Gasteiger partial charge in [0.15, 0.2) is 6.61 Å². The zero-order valence-corrected chi connectivity index (χ0v) is 15.7. The van der Waals surface area contributed by atoms with E-state index in [1.807, 2.05) is 0 Å². The molecule has 0 aliphatic carbocycles. The summed E-state index contributed by atoms with van der Waals surface area (Å²) in [7, 11) is 0. The molecule has 0 aliphatic rings. The van der Waals surface area contributed by atoms with Gasteiger partial charge in [-0.05, 0) is 32.9 Å². The van der Waals surface area contributed by atoms with Crippen LogP contribution in [0.15, 0.2) is 24.3 Å². The fourth-order valence-electron chi connectivity index (χ4n) is 2.06. The molecule has 9 nitrogen and oxygen atoms in total. The van der Waals surface area contributed by atoms with Crippen LogP contribution in [-0.4, -0.2) is 56.0 Å². The highest BCUT2D eigenvalue weighted by molar-refractivity contribution is 5.98. The van der Waals surface area contributed by atoms with Crippen LogP contribution in [0.3, 0.4) is 0 Å². The highest BCUT2D eigenvalue weighted by Crippen LogP contribution is 2.17. The molecule has 0 radical (unpaired) electrons. The lowest BCUT2D eigenvalue weighted by atomic mass is 10.2. The number of ether oxygens (including phenoxy) is 2. The summed E-state index contributed by atoms with van der Waals surface area (Å²) >= 11 is 0. The Bertz CT molecular complexity index is 677. The van der Waals surface area contributed by atoms with Crippen LogP contribution >= 0.6 is 0 Å². The average molecular weight is 379 g/mol. The van der Waals surface area contributed by atoms with Gasteiger partial charge in [0, 0.05) is 6.54 Å². The minimum absolute atomic E-state index is 0.292. The van der Waals surface area contributed by atoms with Crippen LogP contribution in [0.5, 0.6) is 5.75 Å². The van der Waals surface area contributed by atoms with Crippen LogP contribution < -0.4 is 20.7 Å². The van der Waals surface area contributed by atoms with Crippen LogP contribution in [-0.2, 0) is 19.1 Å². The molecule has 3 amide bonds. The lowest BCUT2D eigenvalue weighted by molar-refractivity contribution is -0.147. The van der Waals surface area contributed by atoms with Crippen molar-refractivity contribution in [1.29, 1.82) is 0 Å². The number of esters is 1. The summed E-state index contributed by atoms with van der Waals surface area (Å²) in [6.07, 6.45) is 0. The van der Waals surface area contributed by atoms with Gasteiger partial charge in [-0.15, -0.1) is 0 Å². The molecule has 0 aromatic heterocycles. The van der Waals surface area contributed by atoms with E-state index in [4.69, 9.17) is 9.47 Å². The largest absolute Gasteiger partial charge is 0.493 e. The quantitative estimate of drug-likeness (QED) is 0.492. The first-order chi connectivity index (χ1) is 12.9. The highest BCUT2D eigenvalue weighted by atomic mass is 16.5. The molecular weight excluding hydrogens is 354 g/mol. The Morgan fingerprint density at radius 3 is 2.44 bits per heavy atom. The molecular formula is C18H25N3O6. The number of hydrogen-bond donors (Lipinski definition) is 3. The number of amides is 3. The second-order valence-electron chi connectivity index (χ2n) is 5.46. The Labute approximate surface area is 157 Å². The third kappa shape index (κ3) is 7.76. The number of carbonyl (C=O) groups is 4. The molecule has 148 valence electrons. The molecule has 1 rings (SSSR count). The molecule has 0 saturated carbocycles. The van der Waals surface area contributed by atoms with E-state index in [0.29, 0.717) is 24.5 Å². The second-order valence-corrected chi connectivity index (χ2v) is 5.46. The van der Waals surface area contributed by atoms with Gasteiger partial charge >= 0.3 is 5.97 Å². The number of carbonyl (C=O) groups excluding carboxylic acids is 4. The standard InChI is InChI=1S/C18H25N3O6/c1-4-19-17(24)12(3)21-15(22)11-27-16(23)10-20-18(25)13-8-6-7-9-14(13)26-5-2/h6-9,12H,4-5,10-11H2,1-3H3,(H,19,24)(H,20,25)(H,21,22)/t12-/m0/s1. The Hall–Kier alpha value is -3.10. The third-order valence-corrected chi connectivity index (χ3v) is 3.31. The van der Waals surface area contributed by atoms with Crippen molar-refractivity contribution in [1.82, 2.24) is 16.0 Å². The molecule has 9 heteroatoms. The molecule has 0 aliphatic heterocycles. The van der Waals surface area contributed by atoms with Crippen molar-refractivity contribution in [3.63, 3.8) is 0 Å². The number of rotatable bonds is 10. The fourth-order valence-corrected chi connectivity index (χ4v) is 2.06. The summed E-state index contributed by atoms with van der Waals surface area (Å²) < 4.78 is 10.1. The highest BCUT2D eigenvalue weighted by Gasteiger charge is 2.17. The normalized spacial score (nSPS) is 11.1. The van der Waals surface area contributed by atoms with Crippen LogP contribution in [0.1, 0.15) is 31.1 Å². The Morgan fingerprint density at radius 2 is 1.78 bits per heavy atom. The van der Waals surface area contributed by atoms with E-state index in [1.165, 1.54) is 6.92 Å². The molecule has 1 aromatic rings. The first-order valence-corrected chi connectivity index (χ1v) is 8.61. The van der Waals surface area contributed by atoms with Crippen molar-refractivity contribution in [3.8, 4) is 5.75 Å². The zero-order chi connectivity index (χ0) is 20.2. The minimum atomic E-state index is -0.780. The van der Waals surface area contributed by atoms with E-state index in [0.717, 1.165) is 0 Å². The van der Waals surface area contributed by atoms with Crippen molar-refractivity contribution in [2.24, 2.45) is 0 Å². The van der Waals surface area contributed by atoms with Gasteiger partial charge in [-0.25, -0.2) is 0 Å². The van der Waals surface area contributed by atoms with Gasteiger partial charge in [-0.2, -0.15) is 0 Å². The van der Waals surface area contributed by atoms with E-state index < -0.39 is 37.0 Å². The average Bonchev–Trinajstić information content (AvgIpc) is 2.65. The van der Waals surface area contributed by atoms with Crippen LogP contribution in [0, 0.1) is 0 Å². The topological polar surface area (TPSA) is 123 Å². The van der Waals surface area contributed by atoms with Gasteiger partial charge in [0.1, 0.15) is 18.3 Å². The lowest BCUT2D eigenvalue weighted by Gasteiger charge is -2.13. The second kappa shape index (κ2) is 11.5. The molecule has 0 spiro atoms. The maximum atomic E-state index is 12.1. The monoisotopic (exact) mass is 379 g/mol. The van der Waals surface area contributed by atoms with Crippen molar-refractivity contribution < 1.29 is 28.7 Å². The molecule has 3 N–H and O–H groups in total. The molecule has 0 heterocycles. The van der Waals surface area contributed by atoms with E-state index in [9.17, 15) is 19.2 Å². The summed E-state index contributed by atoms with van der Waals surface area (Å²) in [5, 5.41) is 7.37. The number of para-hydroxylation sites is 1. The SMILES string of the molecule is CCNC(=O)[C@H](C)NC(=O)COC(=O)CNC(=O)c1ccccc1OCC. The van der Waals surface area contributed by atoms with Crippen molar-refractivity contribution in [2.45, 2.75) is 26.8 Å². The van der Waals surface area contributed by atoms with Gasteiger partial charge in [-0.1, -0.05) is 12.1 Å². The summed E-state index contributed by atoms with van der Waals surface area (Å²) in [4.78, 5) is 47.0. The van der Waals surface area contributed by atoms with E-state index in [2.05, 4.69) is 16.0 Å². The van der Waals surface area contributed by atoms with Crippen molar-refractivity contribution in [3.05, 3.63) is 29.8 Å². The van der Waals surface area contributed by atoms with E-state index in [1.54, 1.807) is 38.1 Å². The van der Waals surface area contributed by atoms with Gasteiger partial charge in [0.05, 0.1) is 12.2 Å². The number of hydrogen-bond acceptors (Lipinski definition) is 6. The fraction of sp³-hybridized carbons (Fsp3) is 0.444. The Balaban J connectivity index is 2.40. The molecule has 1 atom stereocenters. The summed E-state index contributed by atoms with van der Waals surface area (Å²) in [6.45, 7) is 4.96. The number of nitrogens with one attached hydrogen (secondary N) is 3. The van der Waals surface area contributed by atoms with Crippen LogP contribution in [0.4, 0.5) is 0 Å². The third-order valence-electron chi connectivity index (χ3n) is 3.31. The molecule has 0 saturated heterocycles. The molecule has 0 unspecified atom stereocenters. The molecule has 0 fully saturated rings. The van der Waals surface area contributed by atoms with Gasteiger partial charge in [-0.3, -0.25) is 19.2 Å². The smallest absolute Gasteiger partial charge is 0.325 e.